The van der Waals surface area contributed by atoms with E-state index >= 15 is 0 Å². The summed E-state index contributed by atoms with van der Waals surface area (Å²) in [6.45, 7) is -0.175. The van der Waals surface area contributed by atoms with Gasteiger partial charge in [-0.05, 0) is 6.42 Å². The lowest BCUT2D eigenvalue weighted by Gasteiger charge is -2.07. The smallest absolute Gasteiger partial charge is 0.272 e. The van der Waals surface area contributed by atoms with Gasteiger partial charge in [0.05, 0.1) is 11.5 Å². The van der Waals surface area contributed by atoms with Gasteiger partial charge in [-0.15, -0.1) is 0 Å². The lowest BCUT2D eigenvalue weighted by atomic mass is 10.1. The summed E-state index contributed by atoms with van der Waals surface area (Å²) in [6.07, 6.45) is 0.313. The van der Waals surface area contributed by atoms with Crippen molar-refractivity contribution in [2.75, 3.05) is 6.61 Å². The van der Waals surface area contributed by atoms with E-state index < -0.39 is 11.0 Å². The van der Waals surface area contributed by atoms with Crippen LogP contribution >= 0.6 is 0 Å². The number of hydrogen-bond acceptors (Lipinski definition) is 4. The molecule has 0 aromatic heterocycles. The van der Waals surface area contributed by atoms with Crippen LogP contribution < -0.4 is 5.73 Å². The molecule has 76 valence electrons. The first kappa shape index (κ1) is 10.6. The zero-order valence-electron chi connectivity index (χ0n) is 7.59. The van der Waals surface area contributed by atoms with Gasteiger partial charge in [-0.25, -0.2) is 0 Å². The zero-order valence-corrected chi connectivity index (χ0v) is 7.59. The number of nitrogens with two attached hydrogens (primary N) is 1. The van der Waals surface area contributed by atoms with Crippen LogP contribution in [0.5, 0.6) is 0 Å². The first-order valence-electron chi connectivity index (χ1n) is 4.24. The van der Waals surface area contributed by atoms with Crippen molar-refractivity contribution in [2.24, 2.45) is 5.73 Å². The molecule has 0 fully saturated rings. The first-order valence-corrected chi connectivity index (χ1v) is 4.24. The summed E-state index contributed by atoms with van der Waals surface area (Å²) < 4.78 is 0. The quantitative estimate of drug-likeness (QED) is 0.540. The van der Waals surface area contributed by atoms with E-state index in [-0.39, 0.29) is 12.3 Å². The highest BCUT2D eigenvalue weighted by Gasteiger charge is 2.14. The lowest BCUT2D eigenvalue weighted by Crippen LogP contribution is -2.27. The van der Waals surface area contributed by atoms with Gasteiger partial charge >= 0.3 is 0 Å². The average molecular weight is 196 g/mol. The number of nitro groups is 1. The molecule has 0 radical (unpaired) electrons. The maximum Gasteiger partial charge on any atom is 0.272 e. The van der Waals surface area contributed by atoms with Gasteiger partial charge in [0, 0.05) is 17.7 Å². The molecule has 1 unspecified atom stereocenters. The SMILES string of the molecule is NC(CO)Cc1ccccc1[N+](=O)[O-]. The van der Waals surface area contributed by atoms with E-state index in [0.717, 1.165) is 0 Å². The van der Waals surface area contributed by atoms with E-state index in [9.17, 15) is 10.1 Å². The summed E-state index contributed by atoms with van der Waals surface area (Å²) in [5, 5.41) is 19.3. The van der Waals surface area contributed by atoms with Crippen LogP contribution in [0.2, 0.25) is 0 Å². The molecule has 5 heteroatoms. The molecule has 0 aliphatic carbocycles. The highest BCUT2D eigenvalue weighted by Crippen LogP contribution is 2.18. The van der Waals surface area contributed by atoms with Crippen LogP contribution in [0.1, 0.15) is 5.56 Å². The molecule has 0 bridgehead atoms. The van der Waals surface area contributed by atoms with E-state index in [0.29, 0.717) is 12.0 Å². The normalized spacial score (nSPS) is 12.4. The first-order chi connectivity index (χ1) is 6.65. The molecule has 1 atom stereocenters. The number of hydrogen-bond donors (Lipinski definition) is 2. The molecule has 1 aromatic rings. The molecule has 0 aliphatic rings. The van der Waals surface area contributed by atoms with Crippen molar-refractivity contribution in [1.29, 1.82) is 0 Å². The predicted octanol–water partition coefficient (Wildman–Crippen LogP) is 0.457. The number of aliphatic hydroxyl groups is 1. The topological polar surface area (TPSA) is 89.4 Å². The van der Waals surface area contributed by atoms with Crippen LogP contribution in [0.15, 0.2) is 24.3 Å². The molecule has 0 heterocycles. The Labute approximate surface area is 81.3 Å². The molecule has 0 amide bonds. The van der Waals surface area contributed by atoms with Crippen molar-refractivity contribution in [3.63, 3.8) is 0 Å². The number of nitro benzene ring substituents is 1. The van der Waals surface area contributed by atoms with Crippen LogP contribution in [0.3, 0.4) is 0 Å². The number of nitrogens with zero attached hydrogens (tertiary/aromatic N) is 1. The second-order valence-corrected chi connectivity index (χ2v) is 3.03. The Morgan fingerprint density at radius 2 is 2.14 bits per heavy atom. The van der Waals surface area contributed by atoms with E-state index in [1.165, 1.54) is 6.07 Å². The molecule has 1 rings (SSSR count). The molecule has 3 N–H and O–H groups in total. The molecular formula is C9H12N2O3. The zero-order chi connectivity index (χ0) is 10.6. The number of aliphatic hydroxyl groups excluding tert-OH is 1. The largest absolute Gasteiger partial charge is 0.395 e. The summed E-state index contributed by atoms with van der Waals surface area (Å²) in [6, 6.07) is 5.95. The Bertz CT molecular complexity index is 328. The average Bonchev–Trinajstić information content (AvgIpc) is 2.18. The van der Waals surface area contributed by atoms with Crippen LogP contribution in [0.25, 0.3) is 0 Å². The molecular weight excluding hydrogens is 184 g/mol. The molecule has 1 aromatic carbocycles. The van der Waals surface area contributed by atoms with Crippen molar-refractivity contribution in [3.05, 3.63) is 39.9 Å². The molecule has 14 heavy (non-hydrogen) atoms. The van der Waals surface area contributed by atoms with Gasteiger partial charge in [-0.3, -0.25) is 10.1 Å². The van der Waals surface area contributed by atoms with Crippen LogP contribution in [-0.2, 0) is 6.42 Å². The third-order valence-electron chi connectivity index (χ3n) is 1.90. The minimum absolute atomic E-state index is 0.0522. The van der Waals surface area contributed by atoms with Crippen LogP contribution in [0, 0.1) is 10.1 Å². The molecule has 0 aliphatic heterocycles. The highest BCUT2D eigenvalue weighted by molar-refractivity contribution is 5.40. The third kappa shape index (κ3) is 2.51. The van der Waals surface area contributed by atoms with Gasteiger partial charge in [0.1, 0.15) is 0 Å². The van der Waals surface area contributed by atoms with Crippen molar-refractivity contribution in [1.82, 2.24) is 0 Å². The summed E-state index contributed by atoms with van der Waals surface area (Å²) in [5.74, 6) is 0. The van der Waals surface area contributed by atoms with Gasteiger partial charge in [0.25, 0.3) is 5.69 Å². The number of benzene rings is 1. The standard InChI is InChI=1S/C9H12N2O3/c10-8(6-12)5-7-3-1-2-4-9(7)11(13)14/h1-4,8,12H,5-6,10H2. The van der Waals surface area contributed by atoms with Crippen LogP contribution in [-0.4, -0.2) is 22.7 Å². The lowest BCUT2D eigenvalue weighted by molar-refractivity contribution is -0.385. The monoisotopic (exact) mass is 196 g/mol. The fourth-order valence-corrected chi connectivity index (χ4v) is 1.21. The van der Waals surface area contributed by atoms with Crippen molar-refractivity contribution in [3.8, 4) is 0 Å². The Morgan fingerprint density at radius 3 is 2.71 bits per heavy atom. The van der Waals surface area contributed by atoms with Gasteiger partial charge in [0.2, 0.25) is 0 Å². The van der Waals surface area contributed by atoms with Crippen molar-refractivity contribution < 1.29 is 10.0 Å². The maximum atomic E-state index is 10.6. The Morgan fingerprint density at radius 1 is 1.50 bits per heavy atom. The van der Waals surface area contributed by atoms with Gasteiger partial charge < -0.3 is 10.8 Å². The molecule has 0 saturated carbocycles. The number of rotatable bonds is 4. The Hall–Kier alpha value is -1.46. The van der Waals surface area contributed by atoms with Gasteiger partial charge in [0.15, 0.2) is 0 Å². The molecule has 0 spiro atoms. The van der Waals surface area contributed by atoms with E-state index in [4.69, 9.17) is 10.8 Å². The summed E-state index contributed by atoms with van der Waals surface area (Å²) in [4.78, 5) is 10.1. The minimum atomic E-state index is -0.448. The van der Waals surface area contributed by atoms with E-state index in [1.807, 2.05) is 0 Å². The van der Waals surface area contributed by atoms with Gasteiger partial charge in [-0.1, -0.05) is 18.2 Å². The fourth-order valence-electron chi connectivity index (χ4n) is 1.21. The van der Waals surface area contributed by atoms with Crippen molar-refractivity contribution in [2.45, 2.75) is 12.5 Å². The molecule has 0 saturated heterocycles. The summed E-state index contributed by atoms with van der Waals surface area (Å²) in [7, 11) is 0. The van der Waals surface area contributed by atoms with Crippen LogP contribution in [0.4, 0.5) is 5.69 Å². The maximum absolute atomic E-state index is 10.6. The number of para-hydroxylation sites is 1. The van der Waals surface area contributed by atoms with E-state index in [2.05, 4.69) is 0 Å². The predicted molar refractivity (Wildman–Crippen MR) is 51.9 cm³/mol. The third-order valence-corrected chi connectivity index (χ3v) is 1.90. The second kappa shape index (κ2) is 4.69. The van der Waals surface area contributed by atoms with E-state index in [1.54, 1.807) is 18.2 Å². The highest BCUT2D eigenvalue weighted by atomic mass is 16.6. The minimum Gasteiger partial charge on any atom is -0.395 e. The summed E-state index contributed by atoms with van der Waals surface area (Å²) in [5.41, 5.74) is 6.11. The Balaban J connectivity index is 2.90. The van der Waals surface area contributed by atoms with Gasteiger partial charge in [-0.2, -0.15) is 0 Å². The molecule has 5 nitrogen and oxygen atoms in total. The fraction of sp³-hybridized carbons (Fsp3) is 0.333. The summed E-state index contributed by atoms with van der Waals surface area (Å²) >= 11 is 0. The Kier molecular flexibility index (Phi) is 3.55. The second-order valence-electron chi connectivity index (χ2n) is 3.03. The van der Waals surface area contributed by atoms with Crippen molar-refractivity contribution >= 4 is 5.69 Å².